The van der Waals surface area contributed by atoms with Gasteiger partial charge in [-0.05, 0) is 43.9 Å². The van der Waals surface area contributed by atoms with E-state index in [0.29, 0.717) is 31.6 Å². The van der Waals surface area contributed by atoms with Gasteiger partial charge in [-0.25, -0.2) is 13.2 Å². The molecule has 1 aromatic rings. The lowest BCUT2D eigenvalue weighted by Crippen LogP contribution is -2.47. The molecule has 1 saturated carbocycles. The number of rotatable bonds is 5. The van der Waals surface area contributed by atoms with Gasteiger partial charge in [0.15, 0.2) is 0 Å². The first-order valence-electron chi connectivity index (χ1n) is 11.9. The molecule has 9 nitrogen and oxygen atoms in total. The lowest BCUT2D eigenvalue weighted by molar-refractivity contribution is -0.134. The molecule has 10 heteroatoms. The Kier molecular flexibility index (Phi) is 7.04. The first kappa shape index (κ1) is 23.7. The molecule has 2 heterocycles. The maximum atomic E-state index is 13.1. The van der Waals surface area contributed by atoms with Crippen LogP contribution >= 0.6 is 0 Å². The molecule has 33 heavy (non-hydrogen) atoms. The summed E-state index contributed by atoms with van der Waals surface area (Å²) in [7, 11) is -3.63. The summed E-state index contributed by atoms with van der Waals surface area (Å²) in [6.45, 7) is 0.579. The summed E-state index contributed by atoms with van der Waals surface area (Å²) in [6.07, 6.45) is 8.80. The quantitative estimate of drug-likeness (QED) is 0.634. The van der Waals surface area contributed by atoms with Crippen molar-refractivity contribution in [1.29, 1.82) is 0 Å². The van der Waals surface area contributed by atoms with Gasteiger partial charge in [0.25, 0.3) is 5.91 Å². The second-order valence-corrected chi connectivity index (χ2v) is 11.2. The number of piperidine rings is 1. The van der Waals surface area contributed by atoms with Crippen molar-refractivity contribution in [3.63, 3.8) is 0 Å². The molecule has 180 valence electrons. The fourth-order valence-electron chi connectivity index (χ4n) is 5.00. The minimum atomic E-state index is -3.63. The molecule has 1 aliphatic carbocycles. The number of sulfonamides is 1. The summed E-state index contributed by atoms with van der Waals surface area (Å²) < 4.78 is 27.3. The number of benzene rings is 1. The number of amides is 4. The van der Waals surface area contributed by atoms with Gasteiger partial charge in [-0.15, -0.1) is 0 Å². The van der Waals surface area contributed by atoms with E-state index in [1.54, 1.807) is 12.1 Å². The number of nitrogens with one attached hydrogen (secondary N) is 2. The third-order valence-corrected chi connectivity index (χ3v) is 8.72. The zero-order valence-corrected chi connectivity index (χ0v) is 19.7. The molecule has 0 aromatic heterocycles. The van der Waals surface area contributed by atoms with Gasteiger partial charge in [0, 0.05) is 18.8 Å². The monoisotopic (exact) mass is 476 g/mol. The SMILES string of the molecule is O=C(CN1C(=O)NC2(CCCCCCC2)C1=O)Nc1cccc(S(=O)(=O)N2CCCCC2)c1. The topological polar surface area (TPSA) is 116 Å². The van der Waals surface area contributed by atoms with Crippen LogP contribution in [0.3, 0.4) is 0 Å². The van der Waals surface area contributed by atoms with E-state index in [1.807, 2.05) is 0 Å². The van der Waals surface area contributed by atoms with Crippen molar-refractivity contribution >= 4 is 33.6 Å². The third-order valence-electron chi connectivity index (χ3n) is 6.83. The molecule has 1 spiro atoms. The number of imide groups is 1. The smallest absolute Gasteiger partial charge is 0.324 e. The van der Waals surface area contributed by atoms with Gasteiger partial charge in [0.2, 0.25) is 15.9 Å². The van der Waals surface area contributed by atoms with Crippen LogP contribution in [-0.2, 0) is 19.6 Å². The zero-order valence-electron chi connectivity index (χ0n) is 18.8. The highest BCUT2D eigenvalue weighted by atomic mass is 32.2. The fourth-order valence-corrected chi connectivity index (χ4v) is 6.56. The summed E-state index contributed by atoms with van der Waals surface area (Å²) in [5.74, 6) is -0.889. The highest BCUT2D eigenvalue weighted by Gasteiger charge is 2.50. The molecule has 2 N–H and O–H groups in total. The molecule has 3 aliphatic rings. The van der Waals surface area contributed by atoms with E-state index in [9.17, 15) is 22.8 Å². The number of anilines is 1. The van der Waals surface area contributed by atoms with Crippen molar-refractivity contribution in [2.75, 3.05) is 25.0 Å². The standard InChI is InChI=1S/C23H32N4O5S/c28-20(17-27-21(29)23(25-22(27)30)12-5-2-1-3-6-13-23)24-18-10-9-11-19(16-18)33(31,32)26-14-7-4-8-15-26/h9-11,16H,1-8,12-15,17H2,(H,24,28)(H,25,30). The van der Waals surface area contributed by atoms with Gasteiger partial charge in [-0.1, -0.05) is 44.6 Å². The van der Waals surface area contributed by atoms with Crippen molar-refractivity contribution in [1.82, 2.24) is 14.5 Å². The van der Waals surface area contributed by atoms with Crippen LogP contribution in [0.5, 0.6) is 0 Å². The molecular weight excluding hydrogens is 444 g/mol. The van der Waals surface area contributed by atoms with Crippen LogP contribution in [0.15, 0.2) is 29.2 Å². The van der Waals surface area contributed by atoms with Gasteiger partial charge >= 0.3 is 6.03 Å². The minimum absolute atomic E-state index is 0.116. The van der Waals surface area contributed by atoms with Gasteiger partial charge in [0.1, 0.15) is 12.1 Å². The Morgan fingerprint density at radius 3 is 2.30 bits per heavy atom. The summed E-state index contributed by atoms with van der Waals surface area (Å²) >= 11 is 0. The Morgan fingerprint density at radius 2 is 1.61 bits per heavy atom. The number of hydrogen-bond donors (Lipinski definition) is 2. The maximum absolute atomic E-state index is 13.1. The van der Waals surface area contributed by atoms with Crippen molar-refractivity contribution in [3.05, 3.63) is 24.3 Å². The molecule has 0 radical (unpaired) electrons. The summed E-state index contributed by atoms with van der Waals surface area (Å²) in [4.78, 5) is 39.4. The maximum Gasteiger partial charge on any atom is 0.325 e. The molecule has 4 rings (SSSR count). The van der Waals surface area contributed by atoms with Crippen LogP contribution in [0.25, 0.3) is 0 Å². The average Bonchev–Trinajstić information content (AvgIpc) is 3.02. The molecule has 1 aromatic carbocycles. The highest BCUT2D eigenvalue weighted by Crippen LogP contribution is 2.32. The van der Waals surface area contributed by atoms with E-state index in [0.717, 1.165) is 56.3 Å². The molecule has 0 atom stereocenters. The second kappa shape index (κ2) is 9.80. The first-order valence-corrected chi connectivity index (χ1v) is 13.3. The first-order chi connectivity index (χ1) is 15.8. The molecule has 2 aliphatic heterocycles. The lowest BCUT2D eigenvalue weighted by atomic mass is 9.84. The second-order valence-electron chi connectivity index (χ2n) is 9.21. The number of hydrogen-bond acceptors (Lipinski definition) is 5. The predicted molar refractivity (Wildman–Crippen MR) is 123 cm³/mol. The molecule has 2 saturated heterocycles. The van der Waals surface area contributed by atoms with Crippen LogP contribution in [-0.4, -0.2) is 60.6 Å². The van der Waals surface area contributed by atoms with Crippen LogP contribution < -0.4 is 10.6 Å². The summed E-state index contributed by atoms with van der Waals surface area (Å²) in [5.41, 5.74) is -0.592. The molecule has 0 bridgehead atoms. The minimum Gasteiger partial charge on any atom is -0.324 e. The number of carbonyl (C=O) groups excluding carboxylic acids is 3. The van der Waals surface area contributed by atoms with E-state index in [4.69, 9.17) is 0 Å². The number of urea groups is 1. The molecule has 4 amide bonds. The van der Waals surface area contributed by atoms with Crippen molar-refractivity contribution in [3.8, 4) is 0 Å². The lowest BCUT2D eigenvalue weighted by Gasteiger charge is -2.28. The normalized spacial score (nSPS) is 22.0. The van der Waals surface area contributed by atoms with Crippen LogP contribution in [0.1, 0.15) is 64.2 Å². The van der Waals surface area contributed by atoms with Crippen LogP contribution in [0.4, 0.5) is 10.5 Å². The van der Waals surface area contributed by atoms with Gasteiger partial charge < -0.3 is 10.6 Å². The largest absolute Gasteiger partial charge is 0.325 e. The zero-order chi connectivity index (χ0) is 23.5. The fraction of sp³-hybridized carbons (Fsp3) is 0.609. The van der Waals surface area contributed by atoms with E-state index in [-0.39, 0.29) is 10.8 Å². The third kappa shape index (κ3) is 5.06. The molecular formula is C23H32N4O5S. The molecule has 3 fully saturated rings. The van der Waals surface area contributed by atoms with Crippen LogP contribution in [0.2, 0.25) is 0 Å². The van der Waals surface area contributed by atoms with E-state index < -0.39 is 34.0 Å². The van der Waals surface area contributed by atoms with E-state index >= 15 is 0 Å². The van der Waals surface area contributed by atoms with Crippen LogP contribution in [0, 0.1) is 0 Å². The van der Waals surface area contributed by atoms with Gasteiger partial charge in [0.05, 0.1) is 4.90 Å². The Bertz CT molecular complexity index is 1010. The van der Waals surface area contributed by atoms with E-state index in [1.165, 1.54) is 16.4 Å². The Labute approximate surface area is 194 Å². The number of nitrogens with zero attached hydrogens (tertiary/aromatic N) is 2. The van der Waals surface area contributed by atoms with E-state index in [2.05, 4.69) is 10.6 Å². The highest BCUT2D eigenvalue weighted by molar-refractivity contribution is 7.89. The Hall–Kier alpha value is -2.46. The average molecular weight is 477 g/mol. The number of carbonyl (C=O) groups is 3. The summed E-state index contributed by atoms with van der Waals surface area (Å²) in [5, 5.41) is 5.49. The Balaban J connectivity index is 1.42. The van der Waals surface area contributed by atoms with Gasteiger partial charge in [-0.3, -0.25) is 14.5 Å². The van der Waals surface area contributed by atoms with Crippen molar-refractivity contribution in [2.45, 2.75) is 74.6 Å². The summed E-state index contributed by atoms with van der Waals surface area (Å²) in [6, 6.07) is 5.55. The van der Waals surface area contributed by atoms with Crippen molar-refractivity contribution < 1.29 is 22.8 Å². The van der Waals surface area contributed by atoms with Gasteiger partial charge in [-0.2, -0.15) is 4.31 Å². The predicted octanol–water partition coefficient (Wildman–Crippen LogP) is 2.83. The molecule has 0 unspecified atom stereocenters. The Morgan fingerprint density at radius 1 is 0.970 bits per heavy atom. The van der Waals surface area contributed by atoms with Crippen molar-refractivity contribution in [2.24, 2.45) is 0 Å².